The quantitative estimate of drug-likeness (QED) is 0.583. The van der Waals surface area contributed by atoms with E-state index in [1.165, 1.54) is 26.2 Å². The minimum atomic E-state index is -0.243. The number of methoxy groups -OCH3 is 1. The van der Waals surface area contributed by atoms with Crippen molar-refractivity contribution in [3.05, 3.63) is 23.3 Å². The lowest BCUT2D eigenvalue weighted by molar-refractivity contribution is 0.101. The number of hydrogen-bond donors (Lipinski definition) is 1. The van der Waals surface area contributed by atoms with Crippen molar-refractivity contribution in [1.29, 1.82) is 0 Å². The molecule has 4 heteroatoms. The lowest BCUT2D eigenvalue weighted by Crippen LogP contribution is -1.97. The van der Waals surface area contributed by atoms with E-state index in [1.54, 1.807) is 0 Å². The summed E-state index contributed by atoms with van der Waals surface area (Å²) >= 11 is 0. The maximum absolute atomic E-state index is 11.0. The predicted octanol–water partition coefficient (Wildman–Crippen LogP) is 1.42. The summed E-state index contributed by atoms with van der Waals surface area (Å²) in [5.74, 6) is -0.307. The van der Waals surface area contributed by atoms with Crippen LogP contribution in [0.4, 0.5) is 0 Å². The van der Waals surface area contributed by atoms with Crippen molar-refractivity contribution in [1.82, 2.24) is 0 Å². The van der Waals surface area contributed by atoms with Crippen molar-refractivity contribution in [3.8, 4) is 11.5 Å². The molecule has 74 valence electrons. The summed E-state index contributed by atoms with van der Waals surface area (Å²) < 4.78 is 4.82. The molecule has 4 nitrogen and oxygen atoms in total. The molecule has 1 N–H and O–H groups in total. The fraction of sp³-hybridized carbons (Fsp3) is 0.200. The van der Waals surface area contributed by atoms with Crippen LogP contribution in [-0.2, 0) is 0 Å². The van der Waals surface area contributed by atoms with Crippen LogP contribution in [0, 0.1) is 0 Å². The second kappa shape index (κ2) is 3.91. The smallest absolute Gasteiger partial charge is 0.168 e. The van der Waals surface area contributed by atoms with E-state index in [2.05, 4.69) is 0 Å². The standard InChI is InChI=1S/C10H10O4/c1-6(12)7-3-8(5-11)10(13)9(4-7)14-2/h3-5,13H,1-2H3. The van der Waals surface area contributed by atoms with Crippen molar-refractivity contribution >= 4 is 12.1 Å². The SMILES string of the molecule is COc1cc(C(C)=O)cc(C=O)c1O. The van der Waals surface area contributed by atoms with Gasteiger partial charge in [0.1, 0.15) is 0 Å². The van der Waals surface area contributed by atoms with Crippen molar-refractivity contribution in [2.75, 3.05) is 7.11 Å². The molecule has 0 aliphatic rings. The molecule has 0 heterocycles. The van der Waals surface area contributed by atoms with Crippen molar-refractivity contribution in [2.24, 2.45) is 0 Å². The van der Waals surface area contributed by atoms with Gasteiger partial charge >= 0.3 is 0 Å². The van der Waals surface area contributed by atoms with Gasteiger partial charge in [-0.25, -0.2) is 0 Å². The van der Waals surface area contributed by atoms with Crippen LogP contribution in [0.15, 0.2) is 12.1 Å². The van der Waals surface area contributed by atoms with E-state index in [-0.39, 0.29) is 22.8 Å². The molecule has 0 fully saturated rings. The number of aldehydes is 1. The first-order chi connectivity index (χ1) is 6.60. The van der Waals surface area contributed by atoms with Crippen molar-refractivity contribution in [2.45, 2.75) is 6.92 Å². The highest BCUT2D eigenvalue weighted by atomic mass is 16.5. The minimum absolute atomic E-state index is 0.0505. The third kappa shape index (κ3) is 1.74. The van der Waals surface area contributed by atoms with E-state index in [1.807, 2.05) is 0 Å². The first kappa shape index (κ1) is 10.2. The van der Waals surface area contributed by atoms with Gasteiger partial charge in [-0.05, 0) is 19.1 Å². The van der Waals surface area contributed by atoms with Gasteiger partial charge in [0.2, 0.25) is 0 Å². The van der Waals surface area contributed by atoms with Gasteiger partial charge in [0, 0.05) is 5.56 Å². The fourth-order valence-electron chi connectivity index (χ4n) is 1.08. The van der Waals surface area contributed by atoms with E-state index in [0.717, 1.165) is 0 Å². The molecule has 14 heavy (non-hydrogen) atoms. The number of benzene rings is 1. The highest BCUT2D eigenvalue weighted by Crippen LogP contribution is 2.30. The van der Waals surface area contributed by atoms with E-state index in [4.69, 9.17) is 4.74 Å². The first-order valence-corrected chi connectivity index (χ1v) is 3.97. The van der Waals surface area contributed by atoms with Crippen LogP contribution < -0.4 is 4.74 Å². The van der Waals surface area contributed by atoms with Gasteiger partial charge in [0.05, 0.1) is 12.7 Å². The van der Waals surface area contributed by atoms with Gasteiger partial charge < -0.3 is 9.84 Å². The molecule has 0 aromatic heterocycles. The Balaban J connectivity index is 3.39. The van der Waals surface area contributed by atoms with Gasteiger partial charge in [0.25, 0.3) is 0 Å². The van der Waals surface area contributed by atoms with Crippen LogP contribution in [0.3, 0.4) is 0 Å². The molecule has 0 unspecified atom stereocenters. The van der Waals surface area contributed by atoms with Crippen LogP contribution >= 0.6 is 0 Å². The largest absolute Gasteiger partial charge is 0.504 e. The van der Waals surface area contributed by atoms with Gasteiger partial charge in [-0.2, -0.15) is 0 Å². The number of Topliss-reactive ketones (excluding diaryl/α,β-unsaturated/α-hetero) is 1. The zero-order valence-electron chi connectivity index (χ0n) is 7.90. The van der Waals surface area contributed by atoms with Crippen molar-refractivity contribution in [3.63, 3.8) is 0 Å². The maximum atomic E-state index is 11.0. The van der Waals surface area contributed by atoms with E-state index in [0.29, 0.717) is 11.8 Å². The van der Waals surface area contributed by atoms with Crippen LogP contribution in [-0.4, -0.2) is 24.3 Å². The average molecular weight is 194 g/mol. The highest BCUT2D eigenvalue weighted by Gasteiger charge is 2.11. The molecule has 0 saturated carbocycles. The molecular formula is C10H10O4. The Morgan fingerprint density at radius 1 is 1.50 bits per heavy atom. The molecule has 1 aromatic carbocycles. The van der Waals surface area contributed by atoms with Crippen molar-refractivity contribution < 1.29 is 19.4 Å². The lowest BCUT2D eigenvalue weighted by atomic mass is 10.1. The number of ether oxygens (including phenoxy) is 1. The predicted molar refractivity (Wildman–Crippen MR) is 50.1 cm³/mol. The Labute approximate surface area is 81.1 Å². The Morgan fingerprint density at radius 2 is 2.14 bits per heavy atom. The number of phenolic OH excluding ortho intramolecular Hbond substituents is 1. The van der Waals surface area contributed by atoms with E-state index < -0.39 is 0 Å². The molecule has 0 saturated heterocycles. The number of carbonyl (C=O) groups excluding carboxylic acids is 2. The average Bonchev–Trinajstić information content (AvgIpc) is 2.17. The number of aromatic hydroxyl groups is 1. The second-order valence-electron chi connectivity index (χ2n) is 2.79. The monoisotopic (exact) mass is 194 g/mol. The number of rotatable bonds is 3. The van der Waals surface area contributed by atoms with Crippen LogP contribution in [0.25, 0.3) is 0 Å². The van der Waals surface area contributed by atoms with Crippen LogP contribution in [0.1, 0.15) is 27.6 Å². The molecule has 0 atom stereocenters. The molecule has 0 amide bonds. The third-order valence-electron chi connectivity index (χ3n) is 1.86. The Morgan fingerprint density at radius 3 is 2.57 bits per heavy atom. The lowest BCUT2D eigenvalue weighted by Gasteiger charge is -2.06. The summed E-state index contributed by atoms with van der Waals surface area (Å²) in [6.45, 7) is 1.38. The van der Waals surface area contributed by atoms with Crippen LogP contribution in [0.2, 0.25) is 0 Å². The number of carbonyl (C=O) groups is 2. The zero-order valence-corrected chi connectivity index (χ0v) is 7.90. The van der Waals surface area contributed by atoms with E-state index >= 15 is 0 Å². The topological polar surface area (TPSA) is 63.6 Å². The Hall–Kier alpha value is -1.84. The second-order valence-corrected chi connectivity index (χ2v) is 2.79. The number of hydrogen-bond acceptors (Lipinski definition) is 4. The number of phenols is 1. The summed E-state index contributed by atoms with van der Waals surface area (Å²) in [6, 6.07) is 2.72. The summed E-state index contributed by atoms with van der Waals surface area (Å²) in [5, 5.41) is 9.43. The summed E-state index contributed by atoms with van der Waals surface area (Å²) in [5.41, 5.74) is 0.385. The first-order valence-electron chi connectivity index (χ1n) is 3.97. The van der Waals surface area contributed by atoms with Gasteiger partial charge in [-0.15, -0.1) is 0 Å². The van der Waals surface area contributed by atoms with Gasteiger partial charge in [0.15, 0.2) is 23.6 Å². The normalized spacial score (nSPS) is 9.57. The summed E-state index contributed by atoms with van der Waals surface area (Å²) in [6.07, 6.45) is 0.476. The molecule has 1 aromatic rings. The summed E-state index contributed by atoms with van der Waals surface area (Å²) in [7, 11) is 1.35. The zero-order chi connectivity index (χ0) is 10.7. The fourth-order valence-corrected chi connectivity index (χ4v) is 1.08. The Kier molecular flexibility index (Phi) is 2.86. The van der Waals surface area contributed by atoms with Gasteiger partial charge in [-0.3, -0.25) is 9.59 Å². The molecule has 0 spiro atoms. The molecular weight excluding hydrogens is 184 g/mol. The third-order valence-corrected chi connectivity index (χ3v) is 1.86. The van der Waals surface area contributed by atoms with E-state index in [9.17, 15) is 14.7 Å². The minimum Gasteiger partial charge on any atom is -0.504 e. The molecule has 0 radical (unpaired) electrons. The molecule has 0 aliphatic carbocycles. The number of ketones is 1. The summed E-state index contributed by atoms with van der Waals surface area (Å²) in [4.78, 5) is 21.6. The molecule has 0 bridgehead atoms. The maximum Gasteiger partial charge on any atom is 0.168 e. The highest BCUT2D eigenvalue weighted by molar-refractivity contribution is 5.97. The Bertz CT molecular complexity index is 382. The van der Waals surface area contributed by atoms with Gasteiger partial charge in [-0.1, -0.05) is 0 Å². The molecule has 1 rings (SSSR count). The van der Waals surface area contributed by atoms with Crippen LogP contribution in [0.5, 0.6) is 11.5 Å². The molecule has 0 aliphatic heterocycles.